The minimum absolute atomic E-state index is 0. The van der Waals surface area contributed by atoms with E-state index in [0.717, 1.165) is 6.92 Å². The van der Waals surface area contributed by atoms with Crippen molar-refractivity contribution < 1.29 is 13.2 Å². The van der Waals surface area contributed by atoms with Gasteiger partial charge >= 0.3 is 18.9 Å². The summed E-state index contributed by atoms with van der Waals surface area (Å²) in [5, 5.41) is 0. The standard InChI is InChI=1S/C8H10N2O3S.Li.H/c1-6(11)10-14(12,13)8-4-2-7(9)3-5-8;;/h2-5H,9H2,1H3,(H,10,11);;. The number of nitrogen functional groups attached to an aromatic ring is 1. The van der Waals surface area contributed by atoms with E-state index in [4.69, 9.17) is 5.73 Å². The third-order valence-electron chi connectivity index (χ3n) is 1.47. The van der Waals surface area contributed by atoms with E-state index in [1.807, 2.05) is 4.72 Å². The topological polar surface area (TPSA) is 89.3 Å². The summed E-state index contributed by atoms with van der Waals surface area (Å²) >= 11 is 0. The van der Waals surface area contributed by atoms with Crippen LogP contribution >= 0.6 is 0 Å². The molecular weight excluding hydrogens is 211 g/mol. The van der Waals surface area contributed by atoms with Crippen LogP contribution in [0.5, 0.6) is 0 Å². The van der Waals surface area contributed by atoms with Gasteiger partial charge in [-0.15, -0.1) is 0 Å². The maximum atomic E-state index is 11.4. The number of carbonyl (C=O) groups is 1. The zero-order valence-corrected chi connectivity index (χ0v) is 8.34. The summed E-state index contributed by atoms with van der Waals surface area (Å²) in [7, 11) is -3.73. The first-order valence-corrected chi connectivity index (χ1v) is 5.29. The van der Waals surface area contributed by atoms with E-state index in [0.29, 0.717) is 5.69 Å². The molecule has 0 fully saturated rings. The fourth-order valence-electron chi connectivity index (χ4n) is 0.895. The molecule has 3 N–H and O–H groups in total. The van der Waals surface area contributed by atoms with Crippen LogP contribution in [0.15, 0.2) is 29.2 Å². The number of nitrogens with two attached hydrogens (primary N) is 1. The number of hydrogen-bond acceptors (Lipinski definition) is 4. The normalized spacial score (nSPS) is 10.2. The zero-order valence-electron chi connectivity index (χ0n) is 7.52. The minimum atomic E-state index is -3.73. The van der Waals surface area contributed by atoms with Crippen LogP contribution in [0.25, 0.3) is 0 Å². The van der Waals surface area contributed by atoms with E-state index in [2.05, 4.69) is 0 Å². The Morgan fingerprint density at radius 3 is 2.13 bits per heavy atom. The Morgan fingerprint density at radius 1 is 1.27 bits per heavy atom. The number of amides is 1. The van der Waals surface area contributed by atoms with Crippen LogP contribution in [0.1, 0.15) is 6.92 Å². The summed E-state index contributed by atoms with van der Waals surface area (Å²) in [5.41, 5.74) is 5.85. The van der Waals surface area contributed by atoms with Gasteiger partial charge in [-0.2, -0.15) is 0 Å². The molecule has 1 rings (SSSR count). The van der Waals surface area contributed by atoms with Gasteiger partial charge in [0.15, 0.2) is 0 Å². The molecule has 78 valence electrons. The predicted molar refractivity (Wildman–Crippen MR) is 59.0 cm³/mol. The molecule has 0 unspecified atom stereocenters. The number of carbonyl (C=O) groups excluding carboxylic acids is 1. The molecule has 1 aromatic carbocycles. The molecule has 0 aliphatic carbocycles. The number of benzene rings is 1. The van der Waals surface area contributed by atoms with Gasteiger partial charge in [-0.3, -0.25) is 4.79 Å². The van der Waals surface area contributed by atoms with Crippen LogP contribution in [0.4, 0.5) is 5.69 Å². The van der Waals surface area contributed by atoms with Gasteiger partial charge in [-0.05, 0) is 24.3 Å². The van der Waals surface area contributed by atoms with Gasteiger partial charge in [-0.1, -0.05) is 0 Å². The maximum absolute atomic E-state index is 11.4. The van der Waals surface area contributed by atoms with Gasteiger partial charge in [0.2, 0.25) is 5.91 Å². The van der Waals surface area contributed by atoms with Crippen LogP contribution in [-0.2, 0) is 14.8 Å². The Bertz CT molecular complexity index is 441. The van der Waals surface area contributed by atoms with E-state index in [1.165, 1.54) is 24.3 Å². The molecule has 7 heteroatoms. The van der Waals surface area contributed by atoms with Crippen LogP contribution in [0, 0.1) is 0 Å². The number of nitrogens with one attached hydrogen (secondary N) is 1. The first kappa shape index (κ1) is 14.0. The molecule has 0 aromatic heterocycles. The Labute approximate surface area is 100 Å². The van der Waals surface area contributed by atoms with Gasteiger partial charge in [0.25, 0.3) is 10.0 Å². The second kappa shape index (κ2) is 5.21. The molecular formula is C8H11LiN2O3S. The van der Waals surface area contributed by atoms with Crippen molar-refractivity contribution in [3.63, 3.8) is 0 Å². The molecule has 0 saturated heterocycles. The molecule has 0 saturated carbocycles. The van der Waals surface area contributed by atoms with Crippen LogP contribution in [0.3, 0.4) is 0 Å². The quantitative estimate of drug-likeness (QED) is 0.518. The summed E-state index contributed by atoms with van der Waals surface area (Å²) in [4.78, 5) is 10.6. The molecule has 5 nitrogen and oxygen atoms in total. The SMILES string of the molecule is CC(=O)NS(=O)(=O)c1ccc(N)cc1.[LiH]. The fourth-order valence-corrected chi connectivity index (χ4v) is 1.89. The average molecular weight is 222 g/mol. The van der Waals surface area contributed by atoms with Crippen molar-refractivity contribution in [2.24, 2.45) is 0 Å². The first-order valence-electron chi connectivity index (χ1n) is 3.81. The van der Waals surface area contributed by atoms with E-state index in [9.17, 15) is 13.2 Å². The third-order valence-corrected chi connectivity index (χ3v) is 2.92. The zero-order chi connectivity index (χ0) is 10.8. The fraction of sp³-hybridized carbons (Fsp3) is 0.125. The van der Waals surface area contributed by atoms with E-state index in [1.54, 1.807) is 0 Å². The molecule has 0 spiro atoms. The van der Waals surface area contributed by atoms with Crippen molar-refractivity contribution in [3.8, 4) is 0 Å². The van der Waals surface area contributed by atoms with Crippen molar-refractivity contribution in [1.29, 1.82) is 0 Å². The third kappa shape index (κ3) is 3.96. The monoisotopic (exact) mass is 222 g/mol. The summed E-state index contributed by atoms with van der Waals surface area (Å²) in [6.45, 7) is 1.13. The van der Waals surface area contributed by atoms with E-state index < -0.39 is 15.9 Å². The average Bonchev–Trinajstić information content (AvgIpc) is 2.02. The summed E-state index contributed by atoms with van der Waals surface area (Å²) < 4.78 is 24.6. The molecule has 1 aromatic rings. The summed E-state index contributed by atoms with van der Waals surface area (Å²) in [6, 6.07) is 5.57. The van der Waals surface area contributed by atoms with Gasteiger partial charge in [0, 0.05) is 12.6 Å². The summed E-state index contributed by atoms with van der Waals surface area (Å²) in [5.74, 6) is -0.623. The number of hydrogen-bond donors (Lipinski definition) is 2. The molecule has 15 heavy (non-hydrogen) atoms. The van der Waals surface area contributed by atoms with Gasteiger partial charge < -0.3 is 5.73 Å². The Balaban J connectivity index is 0.00000196. The molecule has 0 heterocycles. The molecule has 0 aliphatic rings. The Morgan fingerprint density at radius 2 is 1.73 bits per heavy atom. The van der Waals surface area contributed by atoms with Crippen molar-refractivity contribution in [2.75, 3.05) is 5.73 Å². The molecule has 0 atom stereocenters. The van der Waals surface area contributed by atoms with Crippen molar-refractivity contribution >= 4 is 40.5 Å². The van der Waals surface area contributed by atoms with Gasteiger partial charge in [-0.25, -0.2) is 13.1 Å². The number of rotatable bonds is 2. The number of sulfonamides is 1. The molecule has 0 bridgehead atoms. The second-order valence-corrected chi connectivity index (χ2v) is 4.41. The predicted octanol–water partition coefficient (Wildman–Crippen LogP) is -0.555. The summed E-state index contributed by atoms with van der Waals surface area (Å²) in [6.07, 6.45) is 0. The molecule has 1 amide bonds. The van der Waals surface area contributed by atoms with Crippen molar-refractivity contribution in [2.45, 2.75) is 11.8 Å². The molecule has 0 aliphatic heterocycles. The van der Waals surface area contributed by atoms with Gasteiger partial charge in [0.05, 0.1) is 4.90 Å². The Kier molecular flexibility index (Phi) is 4.88. The first-order chi connectivity index (χ1) is 6.42. The molecule has 0 radical (unpaired) electrons. The van der Waals surface area contributed by atoms with Crippen molar-refractivity contribution in [1.82, 2.24) is 4.72 Å². The van der Waals surface area contributed by atoms with Crippen LogP contribution in [0.2, 0.25) is 0 Å². The van der Waals surface area contributed by atoms with Crippen LogP contribution in [-0.4, -0.2) is 33.2 Å². The van der Waals surface area contributed by atoms with E-state index in [-0.39, 0.29) is 23.8 Å². The second-order valence-electron chi connectivity index (χ2n) is 2.73. The Hall–Kier alpha value is -0.963. The number of anilines is 1. The van der Waals surface area contributed by atoms with Crippen LogP contribution < -0.4 is 10.5 Å². The van der Waals surface area contributed by atoms with Crippen molar-refractivity contribution in [3.05, 3.63) is 24.3 Å². The van der Waals surface area contributed by atoms with E-state index >= 15 is 0 Å². The van der Waals surface area contributed by atoms with Gasteiger partial charge in [0.1, 0.15) is 0 Å².